The SMILES string of the molecule is Nc1ncnc2c1ccn2C1OC(C(O)c2ccccc2)[C@@H](O)[C@H]1O. The Bertz CT molecular complexity index is 885. The molecule has 1 saturated heterocycles. The third kappa shape index (κ3) is 2.56. The monoisotopic (exact) mass is 342 g/mol. The number of hydrogen-bond acceptors (Lipinski definition) is 7. The van der Waals surface area contributed by atoms with E-state index in [-0.39, 0.29) is 0 Å². The van der Waals surface area contributed by atoms with Crippen LogP contribution in [0.25, 0.3) is 11.0 Å². The van der Waals surface area contributed by atoms with Crippen molar-refractivity contribution in [3.05, 3.63) is 54.5 Å². The fourth-order valence-corrected chi connectivity index (χ4v) is 3.21. The summed E-state index contributed by atoms with van der Waals surface area (Å²) in [5.74, 6) is 0.317. The fourth-order valence-electron chi connectivity index (χ4n) is 3.21. The summed E-state index contributed by atoms with van der Waals surface area (Å²) in [4.78, 5) is 8.10. The first-order valence-electron chi connectivity index (χ1n) is 7.89. The Balaban J connectivity index is 1.67. The molecule has 1 fully saturated rings. The Morgan fingerprint density at radius 3 is 2.60 bits per heavy atom. The number of nitrogen functional groups attached to an aromatic ring is 1. The standard InChI is InChI=1S/C17H18N4O4/c18-15-10-6-7-21(16(10)20-8-19-15)17-13(24)12(23)14(25-17)11(22)9-4-2-1-3-5-9/h1-8,11-14,17,22-24H,(H2,18,19,20)/t11?,12-,13+,14?,17?/m0/s1. The van der Waals surface area contributed by atoms with E-state index < -0.39 is 30.6 Å². The Morgan fingerprint density at radius 1 is 1.08 bits per heavy atom. The first kappa shape index (κ1) is 16.0. The van der Waals surface area contributed by atoms with E-state index >= 15 is 0 Å². The quantitative estimate of drug-likeness (QED) is 0.541. The minimum atomic E-state index is -1.25. The van der Waals surface area contributed by atoms with Gasteiger partial charge in [0.1, 0.15) is 42.2 Å². The van der Waals surface area contributed by atoms with Crippen molar-refractivity contribution in [2.24, 2.45) is 0 Å². The lowest BCUT2D eigenvalue weighted by Crippen LogP contribution is -2.34. The number of ether oxygens (including phenoxy) is 1. The molecule has 3 heterocycles. The zero-order chi connectivity index (χ0) is 17.6. The van der Waals surface area contributed by atoms with Gasteiger partial charge in [0.15, 0.2) is 6.23 Å². The van der Waals surface area contributed by atoms with Gasteiger partial charge in [-0.1, -0.05) is 30.3 Å². The maximum atomic E-state index is 10.5. The van der Waals surface area contributed by atoms with E-state index in [1.807, 2.05) is 6.07 Å². The predicted molar refractivity (Wildman–Crippen MR) is 89.3 cm³/mol. The molecule has 5 N–H and O–H groups in total. The molecule has 1 aliphatic rings. The Labute approximate surface area is 143 Å². The molecule has 4 rings (SSSR count). The molecule has 0 bridgehead atoms. The molecular formula is C17H18N4O4. The summed E-state index contributed by atoms with van der Waals surface area (Å²) in [6.45, 7) is 0. The number of anilines is 1. The molecule has 0 amide bonds. The van der Waals surface area contributed by atoms with Gasteiger partial charge >= 0.3 is 0 Å². The highest BCUT2D eigenvalue weighted by atomic mass is 16.6. The van der Waals surface area contributed by atoms with Crippen molar-refractivity contribution in [2.75, 3.05) is 5.73 Å². The van der Waals surface area contributed by atoms with Crippen molar-refractivity contribution < 1.29 is 20.1 Å². The van der Waals surface area contributed by atoms with E-state index in [0.717, 1.165) is 0 Å². The molecule has 1 aromatic carbocycles. The summed E-state index contributed by atoms with van der Waals surface area (Å²) in [6, 6.07) is 10.6. The zero-order valence-corrected chi connectivity index (χ0v) is 13.2. The number of hydrogen-bond donors (Lipinski definition) is 4. The zero-order valence-electron chi connectivity index (χ0n) is 13.2. The largest absolute Gasteiger partial charge is 0.387 e. The van der Waals surface area contributed by atoms with E-state index in [9.17, 15) is 15.3 Å². The lowest BCUT2D eigenvalue weighted by atomic mass is 9.99. The minimum absolute atomic E-state index is 0.317. The van der Waals surface area contributed by atoms with E-state index in [0.29, 0.717) is 22.4 Å². The molecule has 8 heteroatoms. The van der Waals surface area contributed by atoms with Gasteiger partial charge in [0, 0.05) is 6.20 Å². The molecule has 3 unspecified atom stereocenters. The summed E-state index contributed by atoms with van der Waals surface area (Å²) in [5.41, 5.74) is 6.91. The van der Waals surface area contributed by atoms with Crippen molar-refractivity contribution in [3.63, 3.8) is 0 Å². The van der Waals surface area contributed by atoms with Crippen LogP contribution < -0.4 is 5.73 Å². The van der Waals surface area contributed by atoms with E-state index in [4.69, 9.17) is 10.5 Å². The lowest BCUT2D eigenvalue weighted by molar-refractivity contribution is -0.0848. The predicted octanol–water partition coefficient (Wildman–Crippen LogP) is 0.366. The number of benzene rings is 1. The second kappa shape index (κ2) is 6.08. The number of nitrogens with zero attached hydrogens (tertiary/aromatic N) is 3. The van der Waals surface area contributed by atoms with Crippen molar-refractivity contribution in [1.29, 1.82) is 0 Å². The lowest BCUT2D eigenvalue weighted by Gasteiger charge is -2.21. The average Bonchev–Trinajstić information content (AvgIpc) is 3.18. The number of nitrogens with two attached hydrogens (primary N) is 1. The highest BCUT2D eigenvalue weighted by Crippen LogP contribution is 2.37. The Hall–Kier alpha value is -2.52. The number of aliphatic hydroxyl groups is 3. The highest BCUT2D eigenvalue weighted by Gasteiger charge is 2.47. The van der Waals surface area contributed by atoms with Crippen LogP contribution in [0.5, 0.6) is 0 Å². The summed E-state index contributed by atoms with van der Waals surface area (Å²) < 4.78 is 7.39. The van der Waals surface area contributed by atoms with Gasteiger partial charge in [0.25, 0.3) is 0 Å². The third-order valence-corrected chi connectivity index (χ3v) is 4.54. The summed E-state index contributed by atoms with van der Waals surface area (Å²) in [6.07, 6.45) is -2.44. The van der Waals surface area contributed by atoms with Gasteiger partial charge in [-0.25, -0.2) is 9.97 Å². The van der Waals surface area contributed by atoms with Gasteiger partial charge in [-0.2, -0.15) is 0 Å². The molecule has 0 aliphatic carbocycles. The van der Waals surface area contributed by atoms with Crippen molar-refractivity contribution in [3.8, 4) is 0 Å². The van der Waals surface area contributed by atoms with Crippen LogP contribution in [0.15, 0.2) is 48.9 Å². The van der Waals surface area contributed by atoms with Gasteiger partial charge in [-0.3, -0.25) is 0 Å². The molecule has 130 valence electrons. The van der Waals surface area contributed by atoms with Gasteiger partial charge in [0.05, 0.1) is 5.39 Å². The highest BCUT2D eigenvalue weighted by molar-refractivity contribution is 5.86. The number of aromatic nitrogens is 3. The number of aliphatic hydroxyl groups excluding tert-OH is 3. The van der Waals surface area contributed by atoms with Crippen molar-refractivity contribution in [2.45, 2.75) is 30.6 Å². The van der Waals surface area contributed by atoms with Gasteiger partial charge < -0.3 is 30.4 Å². The average molecular weight is 342 g/mol. The Kier molecular flexibility index (Phi) is 3.89. The van der Waals surface area contributed by atoms with Gasteiger partial charge in [-0.05, 0) is 11.6 Å². The van der Waals surface area contributed by atoms with Crippen LogP contribution in [0.2, 0.25) is 0 Å². The molecule has 8 nitrogen and oxygen atoms in total. The summed E-state index contributed by atoms with van der Waals surface area (Å²) >= 11 is 0. The van der Waals surface area contributed by atoms with Crippen LogP contribution in [-0.4, -0.2) is 48.2 Å². The number of fused-ring (bicyclic) bond motifs is 1. The summed E-state index contributed by atoms with van der Waals surface area (Å²) in [5, 5.41) is 32.0. The maximum absolute atomic E-state index is 10.5. The van der Waals surface area contributed by atoms with E-state index in [1.165, 1.54) is 6.33 Å². The second-order valence-electron chi connectivity index (χ2n) is 6.05. The number of rotatable bonds is 3. The maximum Gasteiger partial charge on any atom is 0.164 e. The van der Waals surface area contributed by atoms with Crippen LogP contribution in [-0.2, 0) is 4.74 Å². The molecular weight excluding hydrogens is 324 g/mol. The molecule has 0 spiro atoms. The molecule has 3 aromatic rings. The van der Waals surface area contributed by atoms with Crippen LogP contribution in [0.3, 0.4) is 0 Å². The van der Waals surface area contributed by atoms with Crippen LogP contribution >= 0.6 is 0 Å². The smallest absolute Gasteiger partial charge is 0.164 e. The molecule has 25 heavy (non-hydrogen) atoms. The fraction of sp³-hybridized carbons (Fsp3) is 0.294. The second-order valence-corrected chi connectivity index (χ2v) is 6.05. The normalized spacial score (nSPS) is 27.6. The van der Waals surface area contributed by atoms with E-state index in [1.54, 1.807) is 41.1 Å². The summed E-state index contributed by atoms with van der Waals surface area (Å²) in [7, 11) is 0. The molecule has 0 radical (unpaired) electrons. The van der Waals surface area contributed by atoms with Crippen LogP contribution in [0.1, 0.15) is 17.9 Å². The molecule has 0 saturated carbocycles. The Morgan fingerprint density at radius 2 is 1.84 bits per heavy atom. The molecule has 1 aliphatic heterocycles. The first-order chi connectivity index (χ1) is 12.1. The third-order valence-electron chi connectivity index (χ3n) is 4.54. The van der Waals surface area contributed by atoms with Crippen LogP contribution in [0, 0.1) is 0 Å². The van der Waals surface area contributed by atoms with Gasteiger partial charge in [-0.15, -0.1) is 0 Å². The molecule has 2 aromatic heterocycles. The minimum Gasteiger partial charge on any atom is -0.387 e. The van der Waals surface area contributed by atoms with Gasteiger partial charge in [0.2, 0.25) is 0 Å². The van der Waals surface area contributed by atoms with Crippen molar-refractivity contribution in [1.82, 2.24) is 14.5 Å². The van der Waals surface area contributed by atoms with Crippen molar-refractivity contribution >= 4 is 16.9 Å². The van der Waals surface area contributed by atoms with Crippen LogP contribution in [0.4, 0.5) is 5.82 Å². The topological polar surface area (TPSA) is 127 Å². The first-order valence-corrected chi connectivity index (χ1v) is 7.89. The van der Waals surface area contributed by atoms with E-state index in [2.05, 4.69) is 9.97 Å². The molecule has 5 atom stereocenters.